The highest BCUT2D eigenvalue weighted by Crippen LogP contribution is 2.22. The molecule has 0 aliphatic rings. The van der Waals surface area contributed by atoms with E-state index in [-0.39, 0.29) is 0 Å². The van der Waals surface area contributed by atoms with Gasteiger partial charge in [-0.05, 0) is 30.5 Å². The maximum Gasteiger partial charge on any atom is 0.105 e. The van der Waals surface area contributed by atoms with Gasteiger partial charge in [-0.25, -0.2) is 0 Å². The molecule has 102 valence electrons. The van der Waals surface area contributed by atoms with Crippen LogP contribution < -0.4 is 5.32 Å². The summed E-state index contributed by atoms with van der Waals surface area (Å²) in [6.07, 6.45) is 2.65. The Hall–Kier alpha value is -1.54. The lowest BCUT2D eigenvalue weighted by Gasteiger charge is -2.26. The topological polar surface area (TPSA) is 25.2 Å². The molecule has 0 saturated carbocycles. The third-order valence-electron chi connectivity index (χ3n) is 3.38. The van der Waals surface area contributed by atoms with Crippen molar-refractivity contribution in [1.29, 1.82) is 0 Å². The van der Waals surface area contributed by atoms with Crippen LogP contribution >= 0.6 is 0 Å². The van der Waals surface area contributed by atoms with Gasteiger partial charge in [-0.2, -0.15) is 0 Å². The minimum absolute atomic E-state index is 0.381. The highest BCUT2D eigenvalue weighted by molar-refractivity contribution is 5.19. The third kappa shape index (κ3) is 3.97. The van der Waals surface area contributed by atoms with E-state index in [0.29, 0.717) is 18.0 Å². The fraction of sp³-hybridized carbons (Fsp3) is 0.412. The summed E-state index contributed by atoms with van der Waals surface area (Å²) < 4.78 is 5.41. The monoisotopic (exact) mass is 257 g/mol. The third-order valence-corrected chi connectivity index (χ3v) is 3.38. The normalized spacial score (nSPS) is 14.5. The van der Waals surface area contributed by atoms with Crippen LogP contribution in [-0.2, 0) is 6.42 Å². The second kappa shape index (κ2) is 6.58. The average Bonchev–Trinajstić information content (AvgIpc) is 2.89. The number of furan rings is 1. The summed E-state index contributed by atoms with van der Waals surface area (Å²) >= 11 is 0. The Balaban J connectivity index is 2.01. The molecular formula is C17H23NO. The Labute approximate surface area is 115 Å². The van der Waals surface area contributed by atoms with Gasteiger partial charge < -0.3 is 9.73 Å². The molecule has 2 atom stereocenters. The quantitative estimate of drug-likeness (QED) is 0.839. The molecule has 2 unspecified atom stereocenters. The molecule has 0 aliphatic carbocycles. The van der Waals surface area contributed by atoms with Gasteiger partial charge in [-0.3, -0.25) is 0 Å². The second-order valence-corrected chi connectivity index (χ2v) is 5.48. The first-order valence-corrected chi connectivity index (χ1v) is 7.00. The first kappa shape index (κ1) is 13.9. The minimum Gasteiger partial charge on any atom is -0.469 e. The molecule has 2 nitrogen and oxygen atoms in total. The number of hydrogen-bond donors (Lipinski definition) is 1. The molecule has 1 heterocycles. The van der Waals surface area contributed by atoms with E-state index < -0.39 is 0 Å². The van der Waals surface area contributed by atoms with Crippen molar-refractivity contribution in [2.24, 2.45) is 5.92 Å². The summed E-state index contributed by atoms with van der Waals surface area (Å²) in [5, 5.41) is 3.71. The molecular weight excluding hydrogens is 234 g/mol. The number of benzene rings is 1. The van der Waals surface area contributed by atoms with Crippen molar-refractivity contribution in [2.45, 2.75) is 39.3 Å². The molecule has 0 amide bonds. The van der Waals surface area contributed by atoms with Crippen molar-refractivity contribution >= 4 is 0 Å². The standard InChI is InChI=1S/C17H23NO/c1-13(2)17(15-8-5-4-6-9-15)18-14(3)12-16-10-7-11-19-16/h4-11,13-14,17-18H,12H2,1-3H3. The molecule has 0 saturated heterocycles. The van der Waals surface area contributed by atoms with Crippen molar-refractivity contribution in [2.75, 3.05) is 0 Å². The Bertz CT molecular complexity index is 461. The smallest absolute Gasteiger partial charge is 0.105 e. The lowest BCUT2D eigenvalue weighted by atomic mass is 9.95. The number of rotatable bonds is 6. The van der Waals surface area contributed by atoms with Gasteiger partial charge in [0.25, 0.3) is 0 Å². The Morgan fingerprint density at radius 1 is 1.00 bits per heavy atom. The van der Waals surface area contributed by atoms with E-state index >= 15 is 0 Å². The van der Waals surface area contributed by atoms with Crippen LogP contribution in [0.25, 0.3) is 0 Å². The van der Waals surface area contributed by atoms with E-state index in [0.717, 1.165) is 12.2 Å². The van der Waals surface area contributed by atoms with Gasteiger partial charge in [0.15, 0.2) is 0 Å². The maximum atomic E-state index is 5.41. The predicted molar refractivity (Wildman–Crippen MR) is 79.0 cm³/mol. The van der Waals surface area contributed by atoms with E-state index in [1.807, 2.05) is 12.1 Å². The highest BCUT2D eigenvalue weighted by atomic mass is 16.3. The largest absolute Gasteiger partial charge is 0.469 e. The van der Waals surface area contributed by atoms with Crippen LogP contribution in [0.4, 0.5) is 0 Å². The molecule has 0 aliphatic heterocycles. The Kier molecular flexibility index (Phi) is 4.80. The number of hydrogen-bond acceptors (Lipinski definition) is 2. The second-order valence-electron chi connectivity index (χ2n) is 5.48. The maximum absolute atomic E-state index is 5.41. The SMILES string of the molecule is CC(Cc1ccco1)NC(c1ccccc1)C(C)C. The molecule has 19 heavy (non-hydrogen) atoms. The van der Waals surface area contributed by atoms with Crippen molar-refractivity contribution in [3.63, 3.8) is 0 Å². The number of nitrogens with one attached hydrogen (secondary N) is 1. The summed E-state index contributed by atoms with van der Waals surface area (Å²) in [6, 6.07) is 15.4. The van der Waals surface area contributed by atoms with Gasteiger partial charge in [0, 0.05) is 18.5 Å². The van der Waals surface area contributed by atoms with E-state index in [1.54, 1.807) is 6.26 Å². The minimum atomic E-state index is 0.381. The fourth-order valence-electron chi connectivity index (χ4n) is 2.43. The van der Waals surface area contributed by atoms with E-state index in [4.69, 9.17) is 4.42 Å². The van der Waals surface area contributed by atoms with Crippen LogP contribution in [0.3, 0.4) is 0 Å². The van der Waals surface area contributed by atoms with E-state index in [1.165, 1.54) is 5.56 Å². The Morgan fingerprint density at radius 2 is 1.74 bits per heavy atom. The molecule has 0 radical (unpaired) electrons. The molecule has 1 aromatic carbocycles. The van der Waals surface area contributed by atoms with Gasteiger partial charge in [0.05, 0.1) is 6.26 Å². The van der Waals surface area contributed by atoms with Crippen LogP contribution in [0.5, 0.6) is 0 Å². The van der Waals surface area contributed by atoms with Crippen LogP contribution in [0.2, 0.25) is 0 Å². The van der Waals surface area contributed by atoms with E-state index in [2.05, 4.69) is 56.4 Å². The Morgan fingerprint density at radius 3 is 2.32 bits per heavy atom. The van der Waals surface area contributed by atoms with Gasteiger partial charge in [-0.1, -0.05) is 44.2 Å². The first-order chi connectivity index (χ1) is 9.16. The summed E-state index contributed by atoms with van der Waals surface area (Å²) in [7, 11) is 0. The van der Waals surface area contributed by atoms with Crippen molar-refractivity contribution in [1.82, 2.24) is 5.32 Å². The first-order valence-electron chi connectivity index (χ1n) is 7.00. The zero-order chi connectivity index (χ0) is 13.7. The average molecular weight is 257 g/mol. The molecule has 0 bridgehead atoms. The lowest BCUT2D eigenvalue weighted by Crippen LogP contribution is -2.34. The fourth-order valence-corrected chi connectivity index (χ4v) is 2.43. The molecule has 2 heteroatoms. The van der Waals surface area contributed by atoms with Crippen LogP contribution in [0.1, 0.15) is 38.1 Å². The zero-order valence-corrected chi connectivity index (χ0v) is 12.0. The van der Waals surface area contributed by atoms with Crippen molar-refractivity contribution in [3.05, 3.63) is 60.1 Å². The summed E-state index contributed by atoms with van der Waals surface area (Å²) in [5.41, 5.74) is 1.35. The molecule has 0 spiro atoms. The van der Waals surface area contributed by atoms with Gasteiger partial charge in [0.1, 0.15) is 5.76 Å². The highest BCUT2D eigenvalue weighted by Gasteiger charge is 2.18. The van der Waals surface area contributed by atoms with Crippen LogP contribution in [0.15, 0.2) is 53.1 Å². The van der Waals surface area contributed by atoms with Gasteiger partial charge >= 0.3 is 0 Å². The molecule has 0 fully saturated rings. The van der Waals surface area contributed by atoms with Crippen molar-refractivity contribution in [3.8, 4) is 0 Å². The lowest BCUT2D eigenvalue weighted by molar-refractivity contribution is 0.355. The zero-order valence-electron chi connectivity index (χ0n) is 12.0. The summed E-state index contributed by atoms with van der Waals surface area (Å²) in [5.74, 6) is 1.59. The molecule has 1 aromatic heterocycles. The molecule has 2 aromatic rings. The van der Waals surface area contributed by atoms with Crippen molar-refractivity contribution < 1.29 is 4.42 Å². The molecule has 2 rings (SSSR count). The summed E-state index contributed by atoms with van der Waals surface area (Å²) in [4.78, 5) is 0. The van der Waals surface area contributed by atoms with E-state index in [9.17, 15) is 0 Å². The van der Waals surface area contributed by atoms with Gasteiger partial charge in [-0.15, -0.1) is 0 Å². The van der Waals surface area contributed by atoms with Crippen LogP contribution in [0, 0.1) is 5.92 Å². The van der Waals surface area contributed by atoms with Gasteiger partial charge in [0.2, 0.25) is 0 Å². The molecule has 1 N–H and O–H groups in total. The summed E-state index contributed by atoms with van der Waals surface area (Å²) in [6.45, 7) is 6.72. The predicted octanol–water partition coefficient (Wildman–Crippen LogP) is 4.20. The van der Waals surface area contributed by atoms with Crippen LogP contribution in [-0.4, -0.2) is 6.04 Å².